The third-order valence-electron chi connectivity index (χ3n) is 3.63. The van der Waals surface area contributed by atoms with E-state index in [4.69, 9.17) is 4.74 Å². The third-order valence-corrected chi connectivity index (χ3v) is 3.63. The zero-order valence-corrected chi connectivity index (χ0v) is 12.5. The van der Waals surface area contributed by atoms with Crippen LogP contribution in [0.1, 0.15) is 31.9 Å². The molecule has 1 saturated heterocycles. The molecule has 1 fully saturated rings. The minimum Gasteiger partial charge on any atom is -0.491 e. The second kappa shape index (κ2) is 7.62. The van der Waals surface area contributed by atoms with E-state index in [2.05, 4.69) is 22.3 Å². The lowest BCUT2D eigenvalue weighted by Gasteiger charge is -2.35. The first-order chi connectivity index (χ1) is 9.70. The Kier molecular flexibility index (Phi) is 5.83. The average molecular weight is 278 g/mol. The van der Waals surface area contributed by atoms with Gasteiger partial charge in [-0.1, -0.05) is 12.1 Å². The van der Waals surface area contributed by atoms with E-state index >= 15 is 0 Å². The topological polar surface area (TPSA) is 44.7 Å². The van der Waals surface area contributed by atoms with Crippen molar-refractivity contribution >= 4 is 0 Å². The maximum atomic E-state index is 9.34. The Balaban J connectivity index is 2.07. The van der Waals surface area contributed by atoms with Crippen LogP contribution in [0, 0.1) is 0 Å². The van der Waals surface area contributed by atoms with E-state index in [1.54, 1.807) is 0 Å². The van der Waals surface area contributed by atoms with E-state index in [-0.39, 0.29) is 12.7 Å². The number of hydrogen-bond donors (Lipinski definition) is 2. The second-order valence-electron chi connectivity index (χ2n) is 5.55. The summed E-state index contributed by atoms with van der Waals surface area (Å²) in [7, 11) is 0. The quantitative estimate of drug-likeness (QED) is 0.833. The molecule has 1 aliphatic heterocycles. The van der Waals surface area contributed by atoms with Gasteiger partial charge in [-0.2, -0.15) is 0 Å². The molecule has 0 radical (unpaired) electrons. The number of nitrogens with zero attached hydrogens (tertiary/aromatic N) is 1. The van der Waals surface area contributed by atoms with Gasteiger partial charge in [-0.15, -0.1) is 0 Å². The van der Waals surface area contributed by atoms with Crippen LogP contribution >= 0.6 is 0 Å². The number of rotatable bonds is 6. The normalized spacial score (nSPS) is 18.2. The number of ether oxygens (including phenoxy) is 1. The molecule has 0 spiro atoms. The molecule has 1 aliphatic rings. The van der Waals surface area contributed by atoms with E-state index < -0.39 is 0 Å². The molecule has 0 bridgehead atoms. The summed E-state index contributed by atoms with van der Waals surface area (Å²) >= 11 is 0. The van der Waals surface area contributed by atoms with E-state index in [1.807, 2.05) is 26.0 Å². The highest BCUT2D eigenvalue weighted by Crippen LogP contribution is 2.26. The van der Waals surface area contributed by atoms with Gasteiger partial charge in [0.15, 0.2) is 0 Å². The van der Waals surface area contributed by atoms with Gasteiger partial charge in [0.25, 0.3) is 0 Å². The molecule has 4 nitrogen and oxygen atoms in total. The highest BCUT2D eigenvalue weighted by Gasteiger charge is 2.21. The lowest BCUT2D eigenvalue weighted by molar-refractivity contribution is 0.141. The van der Waals surface area contributed by atoms with Crippen molar-refractivity contribution < 1.29 is 9.84 Å². The first-order valence-corrected chi connectivity index (χ1v) is 7.53. The van der Waals surface area contributed by atoms with Crippen molar-refractivity contribution in [2.75, 3.05) is 32.8 Å². The molecule has 2 N–H and O–H groups in total. The maximum Gasteiger partial charge on any atom is 0.119 e. The monoisotopic (exact) mass is 278 g/mol. The Labute approximate surface area is 121 Å². The first-order valence-electron chi connectivity index (χ1n) is 7.53. The molecule has 2 rings (SSSR count). The highest BCUT2D eigenvalue weighted by atomic mass is 16.5. The Morgan fingerprint density at radius 1 is 1.20 bits per heavy atom. The summed E-state index contributed by atoms with van der Waals surface area (Å²) in [4.78, 5) is 2.45. The van der Waals surface area contributed by atoms with E-state index in [9.17, 15) is 5.11 Å². The van der Waals surface area contributed by atoms with Crippen LogP contribution in [0.4, 0.5) is 0 Å². The van der Waals surface area contributed by atoms with Gasteiger partial charge in [-0.3, -0.25) is 4.90 Å². The van der Waals surface area contributed by atoms with Gasteiger partial charge in [0.1, 0.15) is 5.75 Å². The van der Waals surface area contributed by atoms with Gasteiger partial charge in [0, 0.05) is 38.8 Å². The summed E-state index contributed by atoms with van der Waals surface area (Å²) in [6.45, 7) is 8.40. The molecule has 112 valence electrons. The third kappa shape index (κ3) is 4.20. The predicted molar refractivity (Wildman–Crippen MR) is 81.1 cm³/mol. The number of nitrogens with one attached hydrogen (secondary N) is 1. The summed E-state index contributed by atoms with van der Waals surface area (Å²) in [6, 6.07) is 8.61. The van der Waals surface area contributed by atoms with Gasteiger partial charge in [-0.25, -0.2) is 0 Å². The molecule has 1 aromatic rings. The zero-order chi connectivity index (χ0) is 14.4. The maximum absolute atomic E-state index is 9.34. The molecule has 0 aliphatic carbocycles. The van der Waals surface area contributed by atoms with Crippen molar-refractivity contribution in [3.63, 3.8) is 0 Å². The standard InChI is InChI=1S/C16H26N2O2/c1-13(2)20-15-5-3-14(4-6-15)16(7-12-19)18-10-8-17-9-11-18/h3-6,13,16-17,19H,7-12H2,1-2H3/t16-/m0/s1. The van der Waals surface area contributed by atoms with Crippen molar-refractivity contribution in [3.05, 3.63) is 29.8 Å². The van der Waals surface area contributed by atoms with Crippen LogP contribution in [0.25, 0.3) is 0 Å². The van der Waals surface area contributed by atoms with E-state index in [1.165, 1.54) is 5.56 Å². The molecule has 1 aromatic carbocycles. The van der Waals surface area contributed by atoms with Crippen LogP contribution < -0.4 is 10.1 Å². The lowest BCUT2D eigenvalue weighted by atomic mass is 10.0. The van der Waals surface area contributed by atoms with Gasteiger partial charge < -0.3 is 15.2 Å². The SMILES string of the molecule is CC(C)Oc1ccc([C@H](CCO)N2CCNCC2)cc1. The molecule has 20 heavy (non-hydrogen) atoms. The molecule has 0 aromatic heterocycles. The summed E-state index contributed by atoms with van der Waals surface area (Å²) in [5.41, 5.74) is 1.26. The van der Waals surface area contributed by atoms with E-state index in [0.29, 0.717) is 6.04 Å². The number of piperazine rings is 1. The van der Waals surface area contributed by atoms with Crippen LogP contribution in [0.15, 0.2) is 24.3 Å². The average Bonchev–Trinajstić information content (AvgIpc) is 2.46. The minimum atomic E-state index is 0.197. The summed E-state index contributed by atoms with van der Waals surface area (Å²) in [5, 5.41) is 12.7. The second-order valence-corrected chi connectivity index (χ2v) is 5.55. The van der Waals surface area contributed by atoms with Gasteiger partial charge in [0.05, 0.1) is 6.10 Å². The fraction of sp³-hybridized carbons (Fsp3) is 0.625. The number of hydrogen-bond acceptors (Lipinski definition) is 4. The first kappa shape index (κ1) is 15.3. The van der Waals surface area contributed by atoms with Gasteiger partial charge in [-0.05, 0) is 38.0 Å². The highest BCUT2D eigenvalue weighted by molar-refractivity contribution is 5.29. The fourth-order valence-corrected chi connectivity index (χ4v) is 2.72. The Hall–Kier alpha value is -1.10. The van der Waals surface area contributed by atoms with Crippen LogP contribution in [0.3, 0.4) is 0 Å². The Morgan fingerprint density at radius 2 is 1.85 bits per heavy atom. The smallest absolute Gasteiger partial charge is 0.119 e. The summed E-state index contributed by atoms with van der Waals surface area (Å²) < 4.78 is 5.68. The van der Waals surface area contributed by atoms with E-state index in [0.717, 1.165) is 38.3 Å². The summed E-state index contributed by atoms with van der Waals surface area (Å²) in [6.07, 6.45) is 0.979. The van der Waals surface area contributed by atoms with Gasteiger partial charge >= 0.3 is 0 Å². The van der Waals surface area contributed by atoms with Crippen LogP contribution in [0.5, 0.6) is 5.75 Å². The van der Waals surface area contributed by atoms with Crippen molar-refractivity contribution in [1.82, 2.24) is 10.2 Å². The molecule has 1 atom stereocenters. The predicted octanol–water partition coefficient (Wildman–Crippen LogP) is 1.80. The molecular weight excluding hydrogens is 252 g/mol. The number of aliphatic hydroxyl groups is 1. The zero-order valence-electron chi connectivity index (χ0n) is 12.5. The Bertz CT molecular complexity index is 386. The lowest BCUT2D eigenvalue weighted by Crippen LogP contribution is -2.45. The van der Waals surface area contributed by atoms with Crippen LogP contribution in [-0.4, -0.2) is 48.9 Å². The largest absolute Gasteiger partial charge is 0.491 e. The van der Waals surface area contributed by atoms with Crippen molar-refractivity contribution in [1.29, 1.82) is 0 Å². The molecule has 0 unspecified atom stereocenters. The van der Waals surface area contributed by atoms with Gasteiger partial charge in [0.2, 0.25) is 0 Å². The number of benzene rings is 1. The molecular formula is C16H26N2O2. The number of aliphatic hydroxyl groups excluding tert-OH is 1. The van der Waals surface area contributed by atoms with Crippen LogP contribution in [-0.2, 0) is 0 Å². The fourth-order valence-electron chi connectivity index (χ4n) is 2.72. The van der Waals surface area contributed by atoms with Crippen molar-refractivity contribution in [2.24, 2.45) is 0 Å². The Morgan fingerprint density at radius 3 is 2.40 bits per heavy atom. The molecule has 1 heterocycles. The van der Waals surface area contributed by atoms with Crippen molar-refractivity contribution in [2.45, 2.75) is 32.4 Å². The molecule has 0 amide bonds. The van der Waals surface area contributed by atoms with Crippen molar-refractivity contribution in [3.8, 4) is 5.75 Å². The summed E-state index contributed by atoms with van der Waals surface area (Å²) in [5.74, 6) is 0.909. The molecule has 4 heteroatoms. The minimum absolute atomic E-state index is 0.197. The van der Waals surface area contributed by atoms with Crippen LogP contribution in [0.2, 0.25) is 0 Å². The molecule has 0 saturated carbocycles.